The minimum Gasteiger partial charge on any atom is -0.0651 e. The van der Waals surface area contributed by atoms with Gasteiger partial charge in [0.1, 0.15) is 0 Å². The molecule has 0 unspecified atom stereocenters. The molecule has 0 aliphatic heterocycles. The molecule has 0 aromatic carbocycles. The van der Waals surface area contributed by atoms with E-state index < -0.39 is 0 Å². The summed E-state index contributed by atoms with van der Waals surface area (Å²) in [6.45, 7) is 11.6. The second-order valence-electron chi connectivity index (χ2n) is 4.14. The lowest BCUT2D eigenvalue weighted by Crippen LogP contribution is -2.10. The number of hydrogen-bond acceptors (Lipinski definition) is 0. The van der Waals surface area contributed by atoms with Gasteiger partial charge in [-0.2, -0.15) is 0 Å². The summed E-state index contributed by atoms with van der Waals surface area (Å²) in [5, 5.41) is 0. The SMILES string of the molecule is CCC(CC)C[C@@H](C)C(C)C. The molecule has 0 saturated heterocycles. The molecular formula is C11H24. The molecule has 0 spiro atoms. The van der Waals surface area contributed by atoms with E-state index in [1.54, 1.807) is 0 Å². The summed E-state index contributed by atoms with van der Waals surface area (Å²) in [6.07, 6.45) is 4.13. The van der Waals surface area contributed by atoms with E-state index in [0.29, 0.717) is 0 Å². The van der Waals surface area contributed by atoms with E-state index in [0.717, 1.165) is 17.8 Å². The first-order valence-electron chi connectivity index (χ1n) is 5.11. The van der Waals surface area contributed by atoms with Gasteiger partial charge < -0.3 is 0 Å². The zero-order valence-corrected chi connectivity index (χ0v) is 8.85. The van der Waals surface area contributed by atoms with Crippen molar-refractivity contribution in [2.45, 2.75) is 53.9 Å². The van der Waals surface area contributed by atoms with E-state index in [1.807, 2.05) is 0 Å². The lowest BCUT2D eigenvalue weighted by Gasteiger charge is -2.20. The second-order valence-corrected chi connectivity index (χ2v) is 4.14. The predicted molar refractivity (Wildman–Crippen MR) is 52.7 cm³/mol. The molecule has 0 nitrogen and oxygen atoms in total. The van der Waals surface area contributed by atoms with Crippen molar-refractivity contribution in [1.82, 2.24) is 0 Å². The Bertz CT molecular complexity index is 80.0. The highest BCUT2D eigenvalue weighted by Crippen LogP contribution is 2.23. The van der Waals surface area contributed by atoms with E-state index in [-0.39, 0.29) is 0 Å². The van der Waals surface area contributed by atoms with Crippen molar-refractivity contribution < 1.29 is 0 Å². The Kier molecular flexibility index (Phi) is 5.62. The van der Waals surface area contributed by atoms with E-state index >= 15 is 0 Å². The zero-order valence-electron chi connectivity index (χ0n) is 8.85. The molecule has 0 saturated carbocycles. The Morgan fingerprint density at radius 1 is 0.909 bits per heavy atom. The molecule has 0 heteroatoms. The van der Waals surface area contributed by atoms with Crippen LogP contribution in [-0.2, 0) is 0 Å². The molecule has 0 aliphatic carbocycles. The average Bonchev–Trinajstić information content (AvgIpc) is 1.99. The van der Waals surface area contributed by atoms with Crippen molar-refractivity contribution in [2.24, 2.45) is 17.8 Å². The maximum absolute atomic E-state index is 2.38. The van der Waals surface area contributed by atoms with Crippen LogP contribution in [0.25, 0.3) is 0 Å². The molecule has 0 N–H and O–H groups in total. The average molecular weight is 156 g/mol. The van der Waals surface area contributed by atoms with Gasteiger partial charge in [0.15, 0.2) is 0 Å². The lowest BCUT2D eigenvalue weighted by atomic mass is 9.85. The zero-order chi connectivity index (χ0) is 8.85. The third-order valence-corrected chi connectivity index (χ3v) is 3.00. The van der Waals surface area contributed by atoms with E-state index in [2.05, 4.69) is 34.6 Å². The maximum atomic E-state index is 2.38. The van der Waals surface area contributed by atoms with Crippen LogP contribution in [0.3, 0.4) is 0 Å². The van der Waals surface area contributed by atoms with Gasteiger partial charge in [0.2, 0.25) is 0 Å². The van der Waals surface area contributed by atoms with Crippen LogP contribution in [0.4, 0.5) is 0 Å². The van der Waals surface area contributed by atoms with Gasteiger partial charge in [0.05, 0.1) is 0 Å². The van der Waals surface area contributed by atoms with Crippen LogP contribution in [0.1, 0.15) is 53.9 Å². The third-order valence-electron chi connectivity index (χ3n) is 3.00. The summed E-state index contributed by atoms with van der Waals surface area (Å²) in [6, 6.07) is 0. The molecule has 0 aromatic heterocycles. The quantitative estimate of drug-likeness (QED) is 0.562. The maximum Gasteiger partial charge on any atom is -0.0417 e. The van der Waals surface area contributed by atoms with Gasteiger partial charge in [-0.1, -0.05) is 47.5 Å². The fourth-order valence-electron chi connectivity index (χ4n) is 1.42. The molecule has 1 atom stereocenters. The summed E-state index contributed by atoms with van der Waals surface area (Å²) in [5.74, 6) is 2.72. The fraction of sp³-hybridized carbons (Fsp3) is 1.00. The van der Waals surface area contributed by atoms with Crippen molar-refractivity contribution in [3.8, 4) is 0 Å². The minimum atomic E-state index is 0.857. The molecule has 0 bridgehead atoms. The summed E-state index contributed by atoms with van der Waals surface area (Å²) in [5.41, 5.74) is 0. The van der Waals surface area contributed by atoms with Crippen LogP contribution in [0.2, 0.25) is 0 Å². The Morgan fingerprint density at radius 3 is 1.64 bits per heavy atom. The first-order chi connectivity index (χ1) is 5.11. The molecule has 0 amide bonds. The largest absolute Gasteiger partial charge is 0.0651 e. The van der Waals surface area contributed by atoms with Crippen LogP contribution >= 0.6 is 0 Å². The summed E-state index contributed by atoms with van der Waals surface area (Å²) in [7, 11) is 0. The third kappa shape index (κ3) is 4.44. The minimum absolute atomic E-state index is 0.857. The Labute approximate surface area is 72.4 Å². The van der Waals surface area contributed by atoms with E-state index in [9.17, 15) is 0 Å². The van der Waals surface area contributed by atoms with Gasteiger partial charge in [-0.25, -0.2) is 0 Å². The molecule has 0 aromatic rings. The van der Waals surface area contributed by atoms with Crippen molar-refractivity contribution in [2.75, 3.05) is 0 Å². The monoisotopic (exact) mass is 156 g/mol. The number of hydrogen-bond donors (Lipinski definition) is 0. The summed E-state index contributed by atoms with van der Waals surface area (Å²) in [4.78, 5) is 0. The van der Waals surface area contributed by atoms with Gasteiger partial charge in [-0.3, -0.25) is 0 Å². The summed E-state index contributed by atoms with van der Waals surface area (Å²) < 4.78 is 0. The Balaban J connectivity index is 3.62. The van der Waals surface area contributed by atoms with Crippen LogP contribution < -0.4 is 0 Å². The topological polar surface area (TPSA) is 0 Å². The van der Waals surface area contributed by atoms with Gasteiger partial charge in [0, 0.05) is 0 Å². The molecule has 0 aliphatic rings. The predicted octanol–water partition coefficient (Wildman–Crippen LogP) is 4.10. The van der Waals surface area contributed by atoms with Crippen molar-refractivity contribution in [3.05, 3.63) is 0 Å². The fourth-order valence-corrected chi connectivity index (χ4v) is 1.42. The molecule has 0 heterocycles. The number of rotatable bonds is 5. The van der Waals surface area contributed by atoms with Crippen molar-refractivity contribution in [1.29, 1.82) is 0 Å². The highest BCUT2D eigenvalue weighted by molar-refractivity contribution is 4.63. The Morgan fingerprint density at radius 2 is 1.36 bits per heavy atom. The molecule has 0 radical (unpaired) electrons. The molecule has 11 heavy (non-hydrogen) atoms. The molecule has 0 fully saturated rings. The van der Waals surface area contributed by atoms with Gasteiger partial charge in [-0.15, -0.1) is 0 Å². The lowest BCUT2D eigenvalue weighted by molar-refractivity contribution is 0.307. The summed E-state index contributed by atoms with van der Waals surface area (Å²) >= 11 is 0. The van der Waals surface area contributed by atoms with Gasteiger partial charge in [0.25, 0.3) is 0 Å². The van der Waals surface area contributed by atoms with Gasteiger partial charge >= 0.3 is 0 Å². The normalized spacial score (nSPS) is 14.5. The molecular weight excluding hydrogens is 132 g/mol. The highest BCUT2D eigenvalue weighted by atomic mass is 14.2. The van der Waals surface area contributed by atoms with E-state index in [1.165, 1.54) is 19.3 Å². The van der Waals surface area contributed by atoms with E-state index in [4.69, 9.17) is 0 Å². The van der Waals surface area contributed by atoms with Crippen molar-refractivity contribution >= 4 is 0 Å². The first-order valence-corrected chi connectivity index (χ1v) is 5.11. The molecule has 68 valence electrons. The van der Waals surface area contributed by atoms with Gasteiger partial charge in [-0.05, 0) is 24.2 Å². The standard InChI is InChI=1S/C11H24/c1-6-11(7-2)8-10(5)9(3)4/h9-11H,6-8H2,1-5H3/t10-/m1/s1. The van der Waals surface area contributed by atoms with Crippen LogP contribution in [0, 0.1) is 17.8 Å². The van der Waals surface area contributed by atoms with Crippen molar-refractivity contribution in [3.63, 3.8) is 0 Å². The van der Waals surface area contributed by atoms with Crippen LogP contribution in [0.5, 0.6) is 0 Å². The molecule has 0 rings (SSSR count). The van der Waals surface area contributed by atoms with Crippen LogP contribution in [0.15, 0.2) is 0 Å². The van der Waals surface area contributed by atoms with Crippen LogP contribution in [-0.4, -0.2) is 0 Å². The highest BCUT2D eigenvalue weighted by Gasteiger charge is 2.12. The smallest absolute Gasteiger partial charge is 0.0417 e. The second kappa shape index (κ2) is 5.62. The Hall–Kier alpha value is 0. The first kappa shape index (κ1) is 11.0.